The van der Waals surface area contributed by atoms with Crippen molar-refractivity contribution in [3.8, 4) is 5.69 Å². The Morgan fingerprint density at radius 2 is 1.49 bits per heavy atom. The van der Waals surface area contributed by atoms with Gasteiger partial charge in [-0.2, -0.15) is 4.31 Å². The van der Waals surface area contributed by atoms with Gasteiger partial charge in [-0.3, -0.25) is 9.36 Å². The first-order valence-corrected chi connectivity index (χ1v) is 15.9. The fraction of sp³-hybridized carbons (Fsp3) is 0.294. The molecule has 6 nitrogen and oxygen atoms in total. The Morgan fingerprint density at radius 3 is 2.22 bits per heavy atom. The van der Waals surface area contributed by atoms with Crippen LogP contribution in [0.5, 0.6) is 0 Å². The number of fused-ring (bicyclic) bond motifs is 2. The van der Waals surface area contributed by atoms with Crippen molar-refractivity contribution in [2.24, 2.45) is 0 Å². The van der Waals surface area contributed by atoms with E-state index in [0.29, 0.717) is 40.8 Å². The molecule has 0 amide bonds. The molecule has 0 saturated heterocycles. The van der Waals surface area contributed by atoms with Crippen LogP contribution in [0.25, 0.3) is 27.4 Å². The van der Waals surface area contributed by atoms with E-state index in [1.165, 1.54) is 4.31 Å². The van der Waals surface area contributed by atoms with Crippen molar-refractivity contribution in [1.29, 1.82) is 0 Å². The lowest BCUT2D eigenvalue weighted by Gasteiger charge is -2.30. The largest absolute Gasteiger partial charge is 0.268 e. The van der Waals surface area contributed by atoms with Crippen molar-refractivity contribution in [2.45, 2.75) is 63.8 Å². The first-order chi connectivity index (χ1) is 19.9. The third-order valence-corrected chi connectivity index (χ3v) is 9.81. The van der Waals surface area contributed by atoms with Crippen LogP contribution in [0.2, 0.25) is 0 Å². The molecule has 1 unspecified atom stereocenters. The lowest BCUT2D eigenvalue weighted by molar-refractivity contribution is 0.319. The Bertz CT molecular complexity index is 1820. The van der Waals surface area contributed by atoms with Crippen molar-refractivity contribution in [1.82, 2.24) is 13.9 Å². The molecule has 41 heavy (non-hydrogen) atoms. The molecule has 0 N–H and O–H groups in total. The lowest BCUT2D eigenvalue weighted by Crippen LogP contribution is -2.38. The number of hydrogen-bond acceptors (Lipinski definition) is 4. The summed E-state index contributed by atoms with van der Waals surface area (Å²) in [5.41, 5.74) is 2.16. The Balaban J connectivity index is 1.70. The molecule has 0 radical (unpaired) electrons. The molecule has 0 aliphatic carbocycles. The lowest BCUT2D eigenvalue weighted by atomic mass is 10.1. The summed E-state index contributed by atoms with van der Waals surface area (Å²) >= 11 is 0. The van der Waals surface area contributed by atoms with E-state index in [-0.39, 0.29) is 10.5 Å². The summed E-state index contributed by atoms with van der Waals surface area (Å²) in [7, 11) is -3.96. The second-order valence-electron chi connectivity index (χ2n) is 10.5. The molecule has 0 bridgehead atoms. The first-order valence-electron chi connectivity index (χ1n) is 14.5. The number of hydrogen-bond donors (Lipinski definition) is 0. The van der Waals surface area contributed by atoms with Gasteiger partial charge in [-0.1, -0.05) is 93.8 Å². The Morgan fingerprint density at radius 1 is 0.805 bits per heavy atom. The fourth-order valence-corrected chi connectivity index (χ4v) is 7.30. The number of aromatic nitrogens is 2. The van der Waals surface area contributed by atoms with Crippen LogP contribution in [-0.2, 0) is 16.4 Å². The summed E-state index contributed by atoms with van der Waals surface area (Å²) in [5, 5.41) is 2.04. The van der Waals surface area contributed by atoms with Gasteiger partial charge in [-0.15, -0.1) is 0 Å². The molecule has 1 atom stereocenters. The maximum atomic E-state index is 14.5. The van der Waals surface area contributed by atoms with E-state index in [1.54, 1.807) is 22.8 Å². The van der Waals surface area contributed by atoms with Gasteiger partial charge >= 0.3 is 0 Å². The standard InChI is InChI=1S/C34H37N3O3S/c1-4-6-7-12-24-36(41(39,40)32-19-13-15-27-14-8-9-16-29(27)32)25(3)33-35-31-18-11-10-17-30(31)34(38)37(33)28-22-20-26(5-2)21-23-28/h8-11,13-23,25H,4-7,12,24H2,1-3H3. The van der Waals surface area contributed by atoms with Crippen molar-refractivity contribution in [3.63, 3.8) is 0 Å². The molecule has 0 saturated carbocycles. The molecule has 7 heteroatoms. The van der Waals surface area contributed by atoms with Crippen molar-refractivity contribution in [2.75, 3.05) is 6.54 Å². The zero-order chi connectivity index (χ0) is 29.0. The van der Waals surface area contributed by atoms with E-state index in [9.17, 15) is 13.2 Å². The maximum Gasteiger partial charge on any atom is 0.266 e. The third-order valence-electron chi connectivity index (χ3n) is 7.78. The molecule has 5 aromatic rings. The van der Waals surface area contributed by atoms with Gasteiger partial charge in [-0.25, -0.2) is 13.4 Å². The number of rotatable bonds is 11. The second-order valence-corrected chi connectivity index (χ2v) is 12.3. The maximum absolute atomic E-state index is 14.5. The van der Waals surface area contributed by atoms with E-state index in [1.807, 2.05) is 79.7 Å². The summed E-state index contributed by atoms with van der Waals surface area (Å²) in [5.74, 6) is 0.400. The molecule has 1 aromatic heterocycles. The van der Waals surface area contributed by atoms with E-state index < -0.39 is 16.1 Å². The van der Waals surface area contributed by atoms with Gasteiger partial charge in [0.25, 0.3) is 5.56 Å². The monoisotopic (exact) mass is 567 g/mol. The third kappa shape index (κ3) is 5.69. The minimum atomic E-state index is -3.96. The predicted molar refractivity (Wildman–Crippen MR) is 167 cm³/mol. The van der Waals surface area contributed by atoms with Crippen LogP contribution in [-0.4, -0.2) is 28.8 Å². The van der Waals surface area contributed by atoms with Crippen LogP contribution in [0.4, 0.5) is 0 Å². The molecule has 212 valence electrons. The van der Waals surface area contributed by atoms with E-state index in [0.717, 1.165) is 36.6 Å². The fourth-order valence-electron chi connectivity index (χ4n) is 5.45. The highest BCUT2D eigenvalue weighted by molar-refractivity contribution is 7.89. The summed E-state index contributed by atoms with van der Waals surface area (Å²) in [6, 6.07) is 27.3. The second kappa shape index (κ2) is 12.4. The van der Waals surface area contributed by atoms with Crippen LogP contribution in [0.1, 0.15) is 63.9 Å². The van der Waals surface area contributed by atoms with Gasteiger partial charge in [0, 0.05) is 11.9 Å². The van der Waals surface area contributed by atoms with Crippen molar-refractivity contribution in [3.05, 3.63) is 113 Å². The van der Waals surface area contributed by atoms with Gasteiger partial charge in [0.05, 0.1) is 27.5 Å². The molecule has 5 rings (SSSR count). The smallest absolute Gasteiger partial charge is 0.266 e. The summed E-state index contributed by atoms with van der Waals surface area (Å²) < 4.78 is 32.2. The minimum absolute atomic E-state index is 0.213. The molecular formula is C34H37N3O3S. The number of para-hydroxylation sites is 1. The van der Waals surface area contributed by atoms with Gasteiger partial charge in [0.15, 0.2) is 0 Å². The number of benzene rings is 4. The highest BCUT2D eigenvalue weighted by Gasteiger charge is 2.33. The molecule has 0 aliphatic heterocycles. The predicted octanol–water partition coefficient (Wildman–Crippen LogP) is 7.43. The van der Waals surface area contributed by atoms with Gasteiger partial charge in [0.2, 0.25) is 10.0 Å². The normalized spacial score (nSPS) is 12.8. The van der Waals surface area contributed by atoms with Gasteiger partial charge in [0.1, 0.15) is 5.82 Å². The van der Waals surface area contributed by atoms with Crippen molar-refractivity contribution >= 4 is 31.7 Å². The molecular weight excluding hydrogens is 530 g/mol. The minimum Gasteiger partial charge on any atom is -0.268 e. The van der Waals surface area contributed by atoms with Crippen LogP contribution in [0.3, 0.4) is 0 Å². The SMILES string of the molecule is CCCCCCN(C(C)c1nc2ccccc2c(=O)n1-c1ccc(CC)cc1)S(=O)(=O)c1cccc2ccccc12. The number of sulfonamides is 1. The van der Waals surface area contributed by atoms with Crippen LogP contribution < -0.4 is 5.56 Å². The van der Waals surface area contributed by atoms with Gasteiger partial charge < -0.3 is 0 Å². The van der Waals surface area contributed by atoms with Crippen LogP contribution in [0, 0.1) is 0 Å². The first kappa shape index (κ1) is 28.7. The molecule has 1 heterocycles. The molecule has 0 aliphatic rings. The molecule has 0 spiro atoms. The van der Waals surface area contributed by atoms with E-state index in [4.69, 9.17) is 4.98 Å². The Hall–Kier alpha value is -3.81. The summed E-state index contributed by atoms with van der Waals surface area (Å²) in [6.45, 7) is 6.38. The topological polar surface area (TPSA) is 72.3 Å². The van der Waals surface area contributed by atoms with E-state index in [2.05, 4.69) is 13.8 Å². The van der Waals surface area contributed by atoms with Crippen molar-refractivity contribution < 1.29 is 8.42 Å². The zero-order valence-corrected chi connectivity index (χ0v) is 24.8. The quantitative estimate of drug-likeness (QED) is 0.156. The highest BCUT2D eigenvalue weighted by Crippen LogP contribution is 2.32. The van der Waals surface area contributed by atoms with Crippen LogP contribution in [0.15, 0.2) is 101 Å². The number of aryl methyl sites for hydroxylation is 1. The average molecular weight is 568 g/mol. The van der Waals surface area contributed by atoms with Crippen LogP contribution >= 0.6 is 0 Å². The van der Waals surface area contributed by atoms with Gasteiger partial charge in [-0.05, 0) is 61.0 Å². The Labute approximate surface area is 242 Å². The highest BCUT2D eigenvalue weighted by atomic mass is 32.2. The summed E-state index contributed by atoms with van der Waals surface area (Å²) in [6.07, 6.45) is 4.58. The number of unbranched alkanes of at least 4 members (excludes halogenated alkanes) is 3. The summed E-state index contributed by atoms with van der Waals surface area (Å²) in [4.78, 5) is 19.2. The molecule has 0 fully saturated rings. The molecule has 4 aromatic carbocycles. The Kier molecular flexibility index (Phi) is 8.66. The average Bonchev–Trinajstić information content (AvgIpc) is 3.00. The number of nitrogens with zero attached hydrogens (tertiary/aromatic N) is 3. The van der Waals surface area contributed by atoms with E-state index >= 15 is 0 Å². The zero-order valence-electron chi connectivity index (χ0n) is 24.0.